The number of nitriles is 1. The Hall–Kier alpha value is -3.35. The Morgan fingerprint density at radius 1 is 0.893 bits per heavy atom. The summed E-state index contributed by atoms with van der Waals surface area (Å²) in [6.45, 7) is 0. The average molecular weight is 364 g/mol. The number of rotatable bonds is 3. The summed E-state index contributed by atoms with van der Waals surface area (Å²) in [5.74, 6) is 0.822. The van der Waals surface area contributed by atoms with Gasteiger partial charge in [0.15, 0.2) is 0 Å². The van der Waals surface area contributed by atoms with E-state index in [1.807, 2.05) is 30.3 Å². The molecule has 0 atom stereocenters. The summed E-state index contributed by atoms with van der Waals surface area (Å²) in [7, 11) is 0. The fourth-order valence-corrected chi connectivity index (χ4v) is 4.06. The number of fused-ring (bicyclic) bond motifs is 1. The van der Waals surface area contributed by atoms with Gasteiger partial charge in [0, 0.05) is 22.1 Å². The van der Waals surface area contributed by atoms with E-state index in [1.165, 1.54) is 12.0 Å². The molecule has 3 nitrogen and oxygen atoms in total. The second kappa shape index (κ2) is 6.37. The molecule has 1 fully saturated rings. The molecule has 1 saturated carbocycles. The monoisotopic (exact) mass is 364 g/mol. The minimum Gasteiger partial charge on any atom is -0.455 e. The van der Waals surface area contributed by atoms with Gasteiger partial charge in [0.25, 0.3) is 0 Å². The molecule has 1 heterocycles. The van der Waals surface area contributed by atoms with Gasteiger partial charge < -0.3 is 10.2 Å². The van der Waals surface area contributed by atoms with Crippen LogP contribution in [0.3, 0.4) is 0 Å². The van der Waals surface area contributed by atoms with Gasteiger partial charge in [0.2, 0.25) is 0 Å². The van der Waals surface area contributed by atoms with Crippen LogP contribution in [-0.4, -0.2) is 0 Å². The van der Waals surface area contributed by atoms with Crippen molar-refractivity contribution in [1.29, 1.82) is 5.26 Å². The van der Waals surface area contributed by atoms with Crippen molar-refractivity contribution in [2.45, 2.75) is 24.8 Å². The Balaban J connectivity index is 1.70. The zero-order valence-electron chi connectivity index (χ0n) is 15.5. The van der Waals surface area contributed by atoms with E-state index in [-0.39, 0.29) is 5.54 Å². The highest BCUT2D eigenvalue weighted by Crippen LogP contribution is 2.43. The third kappa shape index (κ3) is 2.62. The molecule has 0 spiro atoms. The second-order valence-electron chi connectivity index (χ2n) is 7.58. The molecule has 3 aromatic carbocycles. The molecule has 1 aliphatic rings. The Morgan fingerprint density at radius 2 is 1.64 bits per heavy atom. The van der Waals surface area contributed by atoms with Gasteiger partial charge in [-0.3, -0.25) is 0 Å². The van der Waals surface area contributed by atoms with Gasteiger partial charge in [0.05, 0.1) is 11.6 Å². The van der Waals surface area contributed by atoms with Crippen molar-refractivity contribution in [3.8, 4) is 28.5 Å². The number of benzene rings is 3. The molecule has 0 unspecified atom stereocenters. The summed E-state index contributed by atoms with van der Waals surface area (Å²) < 4.78 is 6.26. The van der Waals surface area contributed by atoms with E-state index in [9.17, 15) is 5.26 Å². The molecule has 0 bridgehead atoms. The zero-order chi connectivity index (χ0) is 19.1. The molecule has 28 heavy (non-hydrogen) atoms. The highest BCUT2D eigenvalue weighted by atomic mass is 16.3. The lowest BCUT2D eigenvalue weighted by Gasteiger charge is -2.38. The Labute approximate surface area is 164 Å². The quantitative estimate of drug-likeness (QED) is 0.486. The van der Waals surface area contributed by atoms with Crippen LogP contribution in [0.4, 0.5) is 0 Å². The van der Waals surface area contributed by atoms with E-state index in [4.69, 9.17) is 10.2 Å². The van der Waals surface area contributed by atoms with Gasteiger partial charge in [-0.2, -0.15) is 5.26 Å². The van der Waals surface area contributed by atoms with Crippen LogP contribution in [0.25, 0.3) is 33.4 Å². The van der Waals surface area contributed by atoms with E-state index < -0.39 is 0 Å². The van der Waals surface area contributed by atoms with E-state index in [1.54, 1.807) is 6.07 Å². The van der Waals surface area contributed by atoms with Crippen molar-refractivity contribution < 1.29 is 4.42 Å². The largest absolute Gasteiger partial charge is 0.455 e. The summed E-state index contributed by atoms with van der Waals surface area (Å²) >= 11 is 0. The van der Waals surface area contributed by atoms with Crippen LogP contribution in [0.5, 0.6) is 0 Å². The highest BCUT2D eigenvalue weighted by molar-refractivity contribution is 6.02. The topological polar surface area (TPSA) is 63.0 Å². The molecule has 4 aromatic rings. The molecule has 1 aliphatic carbocycles. The van der Waals surface area contributed by atoms with Crippen molar-refractivity contribution in [3.63, 3.8) is 0 Å². The molecule has 0 aliphatic heterocycles. The van der Waals surface area contributed by atoms with E-state index in [2.05, 4.69) is 42.5 Å². The van der Waals surface area contributed by atoms with Crippen molar-refractivity contribution in [2.75, 3.05) is 0 Å². The minimum absolute atomic E-state index is 0.170. The van der Waals surface area contributed by atoms with Crippen LogP contribution in [0.2, 0.25) is 0 Å². The summed E-state index contributed by atoms with van der Waals surface area (Å²) in [5.41, 5.74) is 12.0. The van der Waals surface area contributed by atoms with E-state index in [0.29, 0.717) is 5.56 Å². The molecule has 1 aromatic heterocycles. The number of hydrogen-bond acceptors (Lipinski definition) is 3. The third-order valence-electron chi connectivity index (χ3n) is 5.85. The van der Waals surface area contributed by atoms with Crippen molar-refractivity contribution >= 4 is 11.0 Å². The molecule has 0 amide bonds. The first kappa shape index (κ1) is 16.8. The lowest BCUT2D eigenvalue weighted by molar-refractivity contribution is 0.253. The van der Waals surface area contributed by atoms with Gasteiger partial charge in [-0.1, -0.05) is 54.6 Å². The number of hydrogen-bond donors (Lipinski definition) is 1. The number of nitrogens with zero attached hydrogens (tertiary/aromatic N) is 1. The van der Waals surface area contributed by atoms with Gasteiger partial charge >= 0.3 is 0 Å². The fraction of sp³-hybridized carbons (Fsp3) is 0.160. The minimum atomic E-state index is -0.170. The predicted molar refractivity (Wildman–Crippen MR) is 112 cm³/mol. The lowest BCUT2D eigenvalue weighted by atomic mass is 9.72. The summed E-state index contributed by atoms with van der Waals surface area (Å²) in [4.78, 5) is 0. The highest BCUT2D eigenvalue weighted by Gasteiger charge is 2.34. The van der Waals surface area contributed by atoms with Gasteiger partial charge in [-0.25, -0.2) is 0 Å². The fourth-order valence-electron chi connectivity index (χ4n) is 4.06. The van der Waals surface area contributed by atoms with E-state index in [0.717, 1.165) is 46.3 Å². The van der Waals surface area contributed by atoms with Crippen molar-refractivity contribution in [1.82, 2.24) is 0 Å². The second-order valence-corrected chi connectivity index (χ2v) is 7.58. The van der Waals surface area contributed by atoms with Crippen molar-refractivity contribution in [3.05, 3.63) is 83.9 Å². The molecule has 5 rings (SSSR count). The summed E-state index contributed by atoms with van der Waals surface area (Å²) in [6.07, 6.45) is 3.29. The summed E-state index contributed by atoms with van der Waals surface area (Å²) in [6, 6.07) is 26.4. The maximum absolute atomic E-state index is 9.33. The van der Waals surface area contributed by atoms with E-state index >= 15 is 0 Å². The standard InChI is InChI=1S/C25H20N2O/c26-16-17-7-12-22-21(15-17)23(18-5-2-1-3-6-18)24(28-22)19-8-10-20(11-9-19)25(27)13-4-14-25/h1-3,5-12,15H,4,13-14,27H2. The molecule has 3 heteroatoms. The number of nitrogens with two attached hydrogens (primary N) is 1. The maximum Gasteiger partial charge on any atom is 0.143 e. The Kier molecular flexibility index (Phi) is 3.82. The maximum atomic E-state index is 9.33. The predicted octanol–water partition coefficient (Wildman–Crippen LogP) is 5.98. The van der Waals surface area contributed by atoms with Crippen LogP contribution in [0.1, 0.15) is 30.4 Å². The Bertz CT molecular complexity index is 1190. The average Bonchev–Trinajstić information content (AvgIpc) is 3.11. The lowest BCUT2D eigenvalue weighted by Crippen LogP contribution is -2.43. The van der Waals surface area contributed by atoms with Crippen LogP contribution in [-0.2, 0) is 5.54 Å². The Morgan fingerprint density at radius 3 is 2.29 bits per heavy atom. The molecule has 136 valence electrons. The SMILES string of the molecule is N#Cc1ccc2oc(-c3ccc(C4(N)CCC4)cc3)c(-c3ccccc3)c2c1. The van der Waals surface area contributed by atoms with Gasteiger partial charge in [-0.05, 0) is 48.6 Å². The first-order chi connectivity index (χ1) is 13.7. The van der Waals surface area contributed by atoms with Gasteiger partial charge in [-0.15, -0.1) is 0 Å². The van der Waals surface area contributed by atoms with Crippen molar-refractivity contribution in [2.24, 2.45) is 5.73 Å². The first-order valence-electron chi connectivity index (χ1n) is 9.60. The smallest absolute Gasteiger partial charge is 0.143 e. The molecule has 2 N–H and O–H groups in total. The summed E-state index contributed by atoms with van der Waals surface area (Å²) in [5, 5.41) is 10.3. The third-order valence-corrected chi connectivity index (χ3v) is 5.85. The van der Waals surface area contributed by atoms with Crippen LogP contribution in [0, 0.1) is 11.3 Å². The first-order valence-corrected chi connectivity index (χ1v) is 9.60. The van der Waals surface area contributed by atoms with Crippen LogP contribution < -0.4 is 5.73 Å². The molecular weight excluding hydrogens is 344 g/mol. The van der Waals surface area contributed by atoms with Gasteiger partial charge in [0.1, 0.15) is 11.3 Å². The molecule has 0 radical (unpaired) electrons. The normalized spacial score (nSPS) is 15.1. The molecular formula is C25H20N2O. The zero-order valence-corrected chi connectivity index (χ0v) is 15.5. The molecule has 0 saturated heterocycles. The number of furan rings is 1. The van der Waals surface area contributed by atoms with Crippen LogP contribution in [0.15, 0.2) is 77.2 Å². The van der Waals surface area contributed by atoms with Crippen LogP contribution >= 0.6 is 0 Å².